The maximum Gasteiger partial charge on any atom is 0.173 e. The quantitative estimate of drug-likeness (QED) is 0.619. The third-order valence-electron chi connectivity index (χ3n) is 1.65. The molecule has 0 aliphatic heterocycles. The first-order valence-electron chi connectivity index (χ1n) is 3.72. The van der Waals surface area contributed by atoms with Gasteiger partial charge in [-0.25, -0.2) is 0 Å². The van der Waals surface area contributed by atoms with Crippen molar-refractivity contribution in [3.05, 3.63) is 27.2 Å². The molecule has 0 heterocycles. The standard InChI is InChI=1S/C9H7Br2ClO2/c1-14-9-6(11)2-5(3-7(9)12)8(13)4-10/h2-3H,4H2,1H3. The van der Waals surface area contributed by atoms with Crippen LogP contribution in [0, 0.1) is 0 Å². The van der Waals surface area contributed by atoms with Crippen molar-refractivity contribution in [1.29, 1.82) is 0 Å². The number of hydrogen-bond donors (Lipinski definition) is 0. The predicted molar refractivity (Wildman–Crippen MR) is 63.8 cm³/mol. The number of ether oxygens (including phenoxy) is 1. The second-order valence-electron chi connectivity index (χ2n) is 2.53. The number of rotatable bonds is 3. The molecule has 0 bridgehead atoms. The van der Waals surface area contributed by atoms with Gasteiger partial charge in [-0.1, -0.05) is 27.5 Å². The van der Waals surface area contributed by atoms with Gasteiger partial charge in [0, 0.05) is 5.56 Å². The Balaban J connectivity index is 3.20. The van der Waals surface area contributed by atoms with Gasteiger partial charge in [-0.3, -0.25) is 4.79 Å². The summed E-state index contributed by atoms with van der Waals surface area (Å²) in [6.07, 6.45) is 0. The fourth-order valence-corrected chi connectivity index (χ4v) is 2.35. The number of carbonyl (C=O) groups is 1. The lowest BCUT2D eigenvalue weighted by atomic mass is 10.1. The van der Waals surface area contributed by atoms with E-state index in [1.54, 1.807) is 12.1 Å². The summed E-state index contributed by atoms with van der Waals surface area (Å²) in [6.45, 7) is 0. The molecule has 0 spiro atoms. The maximum absolute atomic E-state index is 11.4. The molecule has 1 aromatic carbocycles. The number of halogens is 3. The van der Waals surface area contributed by atoms with E-state index in [0.717, 1.165) is 0 Å². The maximum atomic E-state index is 11.4. The average Bonchev–Trinajstić information content (AvgIpc) is 2.16. The largest absolute Gasteiger partial charge is 0.494 e. The highest BCUT2D eigenvalue weighted by Gasteiger charge is 2.11. The Hall–Kier alpha value is -0.0600. The van der Waals surface area contributed by atoms with Crippen LogP contribution in [0.15, 0.2) is 16.6 Å². The molecule has 0 saturated heterocycles. The van der Waals surface area contributed by atoms with Crippen LogP contribution in [-0.4, -0.2) is 18.2 Å². The van der Waals surface area contributed by atoms with E-state index < -0.39 is 0 Å². The first-order valence-corrected chi connectivity index (χ1v) is 6.01. The summed E-state index contributed by atoms with van der Waals surface area (Å²) in [6, 6.07) is 3.28. The first-order chi connectivity index (χ1) is 6.60. The van der Waals surface area contributed by atoms with E-state index in [9.17, 15) is 4.79 Å². The van der Waals surface area contributed by atoms with E-state index in [1.165, 1.54) is 7.11 Å². The zero-order chi connectivity index (χ0) is 10.7. The Bertz CT molecular complexity index is 343. The molecule has 2 nitrogen and oxygen atoms in total. The topological polar surface area (TPSA) is 26.3 Å². The van der Waals surface area contributed by atoms with E-state index in [-0.39, 0.29) is 11.1 Å². The number of carbonyl (C=O) groups excluding carboxylic acids is 1. The van der Waals surface area contributed by atoms with E-state index in [1.807, 2.05) is 0 Å². The van der Waals surface area contributed by atoms with Gasteiger partial charge in [0.25, 0.3) is 0 Å². The second-order valence-corrected chi connectivity index (χ2v) is 4.35. The average molecular weight is 342 g/mol. The zero-order valence-corrected chi connectivity index (χ0v) is 11.2. The molecule has 0 aromatic heterocycles. The van der Waals surface area contributed by atoms with Crippen LogP contribution < -0.4 is 4.74 Å². The summed E-state index contributed by atoms with van der Waals surface area (Å²) in [5, 5.41) is 0.702. The van der Waals surface area contributed by atoms with E-state index in [4.69, 9.17) is 16.3 Å². The molecule has 1 rings (SSSR count). The molecule has 76 valence electrons. The van der Waals surface area contributed by atoms with Gasteiger partial charge >= 0.3 is 0 Å². The minimum absolute atomic E-state index is 0.0183. The number of alkyl halides is 1. The Morgan fingerprint density at radius 1 is 1.57 bits per heavy atom. The molecule has 0 unspecified atom stereocenters. The number of methoxy groups -OCH3 is 1. The Kier molecular flexibility index (Phi) is 4.41. The van der Waals surface area contributed by atoms with Crippen molar-refractivity contribution < 1.29 is 9.53 Å². The normalized spacial score (nSPS) is 10.0. The van der Waals surface area contributed by atoms with Gasteiger partial charge < -0.3 is 4.74 Å². The van der Waals surface area contributed by atoms with Gasteiger partial charge in [0.1, 0.15) is 0 Å². The lowest BCUT2D eigenvalue weighted by Crippen LogP contribution is -2.00. The third kappa shape index (κ3) is 2.49. The van der Waals surface area contributed by atoms with Crippen LogP contribution in [0.4, 0.5) is 0 Å². The minimum atomic E-state index is -0.0183. The summed E-state index contributed by atoms with van der Waals surface area (Å²) < 4.78 is 5.72. The molecule has 0 aliphatic rings. The van der Waals surface area contributed by atoms with Crippen molar-refractivity contribution in [3.8, 4) is 5.75 Å². The van der Waals surface area contributed by atoms with Gasteiger partial charge in [-0.05, 0) is 28.1 Å². The zero-order valence-electron chi connectivity index (χ0n) is 7.31. The molecule has 5 heteroatoms. The number of hydrogen-bond acceptors (Lipinski definition) is 2. The highest BCUT2D eigenvalue weighted by atomic mass is 79.9. The van der Waals surface area contributed by atoms with E-state index in [2.05, 4.69) is 31.9 Å². The van der Waals surface area contributed by atoms with Crippen LogP contribution in [0.1, 0.15) is 10.4 Å². The van der Waals surface area contributed by atoms with Crippen LogP contribution in [0.25, 0.3) is 0 Å². The Labute approximate surface area is 104 Å². The van der Waals surface area contributed by atoms with Crippen LogP contribution in [0.2, 0.25) is 5.02 Å². The lowest BCUT2D eigenvalue weighted by molar-refractivity contribution is 0.102. The molecule has 0 aliphatic carbocycles. The van der Waals surface area contributed by atoms with Crippen LogP contribution in [-0.2, 0) is 0 Å². The fraction of sp³-hybridized carbons (Fsp3) is 0.222. The summed E-state index contributed by atoms with van der Waals surface area (Å²) in [5.41, 5.74) is 0.555. The Morgan fingerprint density at radius 2 is 2.21 bits per heavy atom. The van der Waals surface area contributed by atoms with Crippen molar-refractivity contribution >= 4 is 49.2 Å². The molecule has 0 saturated carbocycles. The van der Waals surface area contributed by atoms with Gasteiger partial charge in [0.15, 0.2) is 11.5 Å². The van der Waals surface area contributed by atoms with Crippen LogP contribution in [0.5, 0.6) is 5.75 Å². The predicted octanol–water partition coefficient (Wildman–Crippen LogP) is 3.69. The van der Waals surface area contributed by atoms with Crippen LogP contribution >= 0.6 is 43.5 Å². The van der Waals surface area contributed by atoms with Crippen molar-refractivity contribution in [2.24, 2.45) is 0 Å². The smallest absolute Gasteiger partial charge is 0.173 e. The van der Waals surface area contributed by atoms with Gasteiger partial charge in [-0.15, -0.1) is 0 Å². The molecular formula is C9H7Br2ClO2. The summed E-state index contributed by atoms with van der Waals surface area (Å²) in [4.78, 5) is 11.4. The molecule has 0 radical (unpaired) electrons. The number of benzene rings is 1. The molecule has 0 amide bonds. The summed E-state index contributed by atoms with van der Waals surface area (Å²) in [5.74, 6) is 0.521. The highest BCUT2D eigenvalue weighted by molar-refractivity contribution is 9.10. The van der Waals surface area contributed by atoms with Gasteiger partial charge in [0.05, 0.1) is 21.9 Å². The third-order valence-corrected chi connectivity index (χ3v) is 3.02. The molecule has 14 heavy (non-hydrogen) atoms. The van der Waals surface area contributed by atoms with Gasteiger partial charge in [0.2, 0.25) is 0 Å². The Morgan fingerprint density at radius 3 is 2.64 bits per heavy atom. The molecular weight excluding hydrogens is 335 g/mol. The minimum Gasteiger partial charge on any atom is -0.494 e. The summed E-state index contributed by atoms with van der Waals surface area (Å²) in [7, 11) is 1.53. The van der Waals surface area contributed by atoms with Crippen LogP contribution in [0.3, 0.4) is 0 Å². The first kappa shape index (κ1) is 12.0. The number of Topliss-reactive ketones (excluding diaryl/α,β-unsaturated/α-hetero) is 1. The highest BCUT2D eigenvalue weighted by Crippen LogP contribution is 2.34. The number of ketones is 1. The van der Waals surface area contributed by atoms with E-state index in [0.29, 0.717) is 20.8 Å². The monoisotopic (exact) mass is 340 g/mol. The molecule has 0 atom stereocenters. The fourth-order valence-electron chi connectivity index (χ4n) is 0.993. The van der Waals surface area contributed by atoms with Crippen molar-refractivity contribution in [2.45, 2.75) is 0 Å². The van der Waals surface area contributed by atoms with E-state index >= 15 is 0 Å². The molecule has 1 aromatic rings. The molecule has 0 N–H and O–H groups in total. The van der Waals surface area contributed by atoms with Crippen molar-refractivity contribution in [2.75, 3.05) is 12.4 Å². The van der Waals surface area contributed by atoms with Crippen molar-refractivity contribution in [1.82, 2.24) is 0 Å². The summed E-state index contributed by atoms with van der Waals surface area (Å²) >= 11 is 12.3. The molecule has 0 fully saturated rings. The second kappa shape index (κ2) is 5.14. The van der Waals surface area contributed by atoms with Crippen molar-refractivity contribution in [3.63, 3.8) is 0 Å². The van der Waals surface area contributed by atoms with Gasteiger partial charge in [-0.2, -0.15) is 0 Å². The lowest BCUT2D eigenvalue weighted by Gasteiger charge is -2.07. The SMILES string of the molecule is COc1c(Cl)cc(C(=O)CBr)cc1Br.